The Labute approximate surface area is 98.1 Å². The zero-order valence-corrected chi connectivity index (χ0v) is 9.81. The van der Waals surface area contributed by atoms with Crippen LogP contribution in [0.1, 0.15) is 12.8 Å². The van der Waals surface area contributed by atoms with Gasteiger partial charge < -0.3 is 10.4 Å². The number of aromatic hydroxyl groups is 1. The molecule has 1 rings (SSSR count). The molecule has 0 saturated carbocycles. The highest BCUT2D eigenvalue weighted by Crippen LogP contribution is 2.23. The van der Waals surface area contributed by atoms with Crippen LogP contribution in [-0.4, -0.2) is 23.0 Å². The molecule has 0 atom stereocenters. The quantitative estimate of drug-likeness (QED) is 0.617. The molecule has 3 nitrogen and oxygen atoms in total. The van der Waals surface area contributed by atoms with Gasteiger partial charge in [0.05, 0.1) is 5.69 Å². The van der Waals surface area contributed by atoms with Gasteiger partial charge in [0.25, 0.3) is 0 Å². The first kappa shape index (κ1) is 12.8. The number of phenolic OH excluding ortho intramolecular Hbond substituents is 1. The van der Waals surface area contributed by atoms with Crippen LogP contribution >= 0.6 is 11.8 Å². The molecule has 0 unspecified atom stereocenters. The highest BCUT2D eigenvalue weighted by Gasteiger charge is 2.07. The fourth-order valence-electron chi connectivity index (χ4n) is 1.20. The van der Waals surface area contributed by atoms with Crippen molar-refractivity contribution in [3.63, 3.8) is 0 Å². The summed E-state index contributed by atoms with van der Waals surface area (Å²) >= 11 is 1.67. The predicted octanol–water partition coefficient (Wildman–Crippen LogP) is 2.61. The standard InChI is InChI=1S/C11H14FNO2S/c1-16-6-2-3-11(15)13-9-7-8(12)4-5-10(9)14/h4-5,7,14H,2-3,6H2,1H3,(H,13,15). The first-order valence-electron chi connectivity index (χ1n) is 4.91. The molecule has 0 aromatic heterocycles. The number of carbonyl (C=O) groups excluding carboxylic acids is 1. The maximum atomic E-state index is 12.8. The molecule has 0 aliphatic carbocycles. The Kier molecular flexibility index (Phi) is 5.11. The number of rotatable bonds is 5. The van der Waals surface area contributed by atoms with E-state index in [0.717, 1.165) is 24.3 Å². The van der Waals surface area contributed by atoms with E-state index in [1.807, 2.05) is 6.26 Å². The SMILES string of the molecule is CSCCCC(=O)Nc1cc(F)ccc1O. The lowest BCUT2D eigenvalue weighted by molar-refractivity contribution is -0.116. The van der Waals surface area contributed by atoms with Gasteiger partial charge in [0.2, 0.25) is 5.91 Å². The number of hydrogen-bond acceptors (Lipinski definition) is 3. The number of nitrogens with one attached hydrogen (secondary N) is 1. The van der Waals surface area contributed by atoms with Crippen molar-refractivity contribution in [1.29, 1.82) is 0 Å². The van der Waals surface area contributed by atoms with Gasteiger partial charge in [-0.2, -0.15) is 11.8 Å². The molecule has 5 heteroatoms. The van der Waals surface area contributed by atoms with E-state index < -0.39 is 5.82 Å². The highest BCUT2D eigenvalue weighted by molar-refractivity contribution is 7.98. The van der Waals surface area contributed by atoms with Crippen molar-refractivity contribution < 1.29 is 14.3 Å². The summed E-state index contributed by atoms with van der Waals surface area (Å²) in [5.41, 5.74) is 0.120. The van der Waals surface area contributed by atoms with Gasteiger partial charge in [0.15, 0.2) is 0 Å². The van der Waals surface area contributed by atoms with Crippen LogP contribution in [0.5, 0.6) is 5.75 Å². The summed E-state index contributed by atoms with van der Waals surface area (Å²) in [7, 11) is 0. The Morgan fingerprint density at radius 1 is 1.56 bits per heavy atom. The van der Waals surface area contributed by atoms with Gasteiger partial charge >= 0.3 is 0 Å². The molecule has 16 heavy (non-hydrogen) atoms. The highest BCUT2D eigenvalue weighted by atomic mass is 32.2. The van der Waals surface area contributed by atoms with Crippen LogP contribution < -0.4 is 5.32 Å². The smallest absolute Gasteiger partial charge is 0.224 e. The first-order chi connectivity index (χ1) is 7.63. The van der Waals surface area contributed by atoms with Crippen LogP contribution in [0.4, 0.5) is 10.1 Å². The molecule has 0 heterocycles. The van der Waals surface area contributed by atoms with E-state index >= 15 is 0 Å². The maximum Gasteiger partial charge on any atom is 0.224 e. The van der Waals surface area contributed by atoms with Gasteiger partial charge in [-0.15, -0.1) is 0 Å². The number of carbonyl (C=O) groups is 1. The summed E-state index contributed by atoms with van der Waals surface area (Å²) in [5, 5.41) is 11.8. The third-order valence-corrected chi connectivity index (χ3v) is 2.68. The molecule has 0 aliphatic rings. The van der Waals surface area contributed by atoms with E-state index in [1.165, 1.54) is 6.07 Å². The number of halogens is 1. The summed E-state index contributed by atoms with van der Waals surface area (Å²) in [6.45, 7) is 0. The number of hydrogen-bond donors (Lipinski definition) is 2. The summed E-state index contributed by atoms with van der Waals surface area (Å²) in [6.07, 6.45) is 3.11. The topological polar surface area (TPSA) is 49.3 Å². The second kappa shape index (κ2) is 6.37. The van der Waals surface area contributed by atoms with Gasteiger partial charge in [-0.1, -0.05) is 0 Å². The average molecular weight is 243 g/mol. The molecular formula is C11H14FNO2S. The molecule has 1 aromatic carbocycles. The van der Waals surface area contributed by atoms with Crippen molar-refractivity contribution in [2.45, 2.75) is 12.8 Å². The van der Waals surface area contributed by atoms with Gasteiger partial charge in [-0.25, -0.2) is 4.39 Å². The van der Waals surface area contributed by atoms with Crippen molar-refractivity contribution in [3.8, 4) is 5.75 Å². The molecule has 88 valence electrons. The van der Waals surface area contributed by atoms with Gasteiger partial charge in [-0.3, -0.25) is 4.79 Å². The zero-order chi connectivity index (χ0) is 12.0. The molecule has 1 amide bonds. The van der Waals surface area contributed by atoms with E-state index in [-0.39, 0.29) is 17.3 Å². The minimum absolute atomic E-state index is 0.120. The number of phenols is 1. The van der Waals surface area contributed by atoms with E-state index in [0.29, 0.717) is 6.42 Å². The summed E-state index contributed by atoms with van der Waals surface area (Å²) < 4.78 is 12.8. The van der Waals surface area contributed by atoms with Crippen molar-refractivity contribution in [2.75, 3.05) is 17.3 Å². The number of anilines is 1. The number of thioether (sulfide) groups is 1. The van der Waals surface area contributed by atoms with Crippen molar-refractivity contribution in [3.05, 3.63) is 24.0 Å². The maximum absolute atomic E-state index is 12.8. The monoisotopic (exact) mass is 243 g/mol. The van der Waals surface area contributed by atoms with Gasteiger partial charge in [0, 0.05) is 12.5 Å². The van der Waals surface area contributed by atoms with Crippen LogP contribution in [0.3, 0.4) is 0 Å². The molecular weight excluding hydrogens is 229 g/mol. The average Bonchev–Trinajstić information content (AvgIpc) is 2.24. The number of benzene rings is 1. The second-order valence-corrected chi connectivity index (χ2v) is 4.29. The molecule has 0 spiro atoms. The van der Waals surface area contributed by atoms with Crippen molar-refractivity contribution in [1.82, 2.24) is 0 Å². The van der Waals surface area contributed by atoms with E-state index in [1.54, 1.807) is 11.8 Å². The largest absolute Gasteiger partial charge is 0.506 e. The van der Waals surface area contributed by atoms with Gasteiger partial charge in [0.1, 0.15) is 11.6 Å². The lowest BCUT2D eigenvalue weighted by Crippen LogP contribution is -2.11. The summed E-state index contributed by atoms with van der Waals surface area (Å²) in [5.74, 6) is 0.0783. The normalized spacial score (nSPS) is 10.1. The van der Waals surface area contributed by atoms with Crippen molar-refractivity contribution >= 4 is 23.4 Å². The Hall–Kier alpha value is -1.23. The molecule has 0 aliphatic heterocycles. The van der Waals surface area contributed by atoms with Crippen LogP contribution in [0.15, 0.2) is 18.2 Å². The Morgan fingerprint density at radius 3 is 3.00 bits per heavy atom. The van der Waals surface area contributed by atoms with E-state index in [9.17, 15) is 14.3 Å². The fraction of sp³-hybridized carbons (Fsp3) is 0.364. The second-order valence-electron chi connectivity index (χ2n) is 3.31. The van der Waals surface area contributed by atoms with Crippen LogP contribution in [0.2, 0.25) is 0 Å². The Balaban J connectivity index is 2.52. The fourth-order valence-corrected chi connectivity index (χ4v) is 1.63. The molecule has 2 N–H and O–H groups in total. The van der Waals surface area contributed by atoms with Crippen LogP contribution in [-0.2, 0) is 4.79 Å². The third-order valence-electron chi connectivity index (χ3n) is 1.98. The van der Waals surface area contributed by atoms with Gasteiger partial charge in [-0.05, 0) is 30.6 Å². The van der Waals surface area contributed by atoms with Crippen LogP contribution in [0, 0.1) is 5.82 Å². The first-order valence-corrected chi connectivity index (χ1v) is 6.30. The molecule has 0 bridgehead atoms. The zero-order valence-electron chi connectivity index (χ0n) is 9.00. The summed E-state index contributed by atoms with van der Waals surface area (Å²) in [4.78, 5) is 11.4. The van der Waals surface area contributed by atoms with Crippen molar-refractivity contribution in [2.24, 2.45) is 0 Å². The van der Waals surface area contributed by atoms with Crippen LogP contribution in [0.25, 0.3) is 0 Å². The molecule has 0 radical (unpaired) electrons. The molecule has 1 aromatic rings. The summed E-state index contributed by atoms with van der Waals surface area (Å²) in [6, 6.07) is 3.45. The third kappa shape index (κ3) is 4.10. The lowest BCUT2D eigenvalue weighted by atomic mass is 10.2. The lowest BCUT2D eigenvalue weighted by Gasteiger charge is -2.06. The van der Waals surface area contributed by atoms with E-state index in [4.69, 9.17) is 0 Å². The number of amides is 1. The molecule has 0 saturated heterocycles. The minimum atomic E-state index is -0.489. The predicted molar refractivity (Wildman–Crippen MR) is 64.3 cm³/mol. The van der Waals surface area contributed by atoms with E-state index in [2.05, 4.69) is 5.32 Å². The Bertz CT molecular complexity index is 371. The minimum Gasteiger partial charge on any atom is -0.506 e. The molecule has 0 fully saturated rings. The Morgan fingerprint density at radius 2 is 2.31 bits per heavy atom.